The molecule has 1 rings (SSSR count). The molecule has 0 aromatic heterocycles. The molecule has 13 heavy (non-hydrogen) atoms. The van der Waals surface area contributed by atoms with Crippen molar-refractivity contribution < 1.29 is 0 Å². The highest BCUT2D eigenvalue weighted by Gasteiger charge is 2.17. The van der Waals surface area contributed by atoms with Gasteiger partial charge in [0, 0.05) is 6.04 Å². The zero-order chi connectivity index (χ0) is 9.68. The quantitative estimate of drug-likeness (QED) is 0.654. The van der Waals surface area contributed by atoms with Gasteiger partial charge in [-0.15, -0.1) is 6.42 Å². The van der Waals surface area contributed by atoms with Gasteiger partial charge >= 0.3 is 0 Å². The highest BCUT2D eigenvalue weighted by molar-refractivity contribution is 4.99. The molecule has 0 bridgehead atoms. The van der Waals surface area contributed by atoms with Crippen LogP contribution in [0.5, 0.6) is 0 Å². The lowest BCUT2D eigenvalue weighted by atomic mass is 10.0. The summed E-state index contributed by atoms with van der Waals surface area (Å²) in [7, 11) is 2.18. The van der Waals surface area contributed by atoms with Crippen LogP contribution in [0.2, 0.25) is 0 Å². The minimum Gasteiger partial charge on any atom is -0.306 e. The molecule has 74 valence electrons. The largest absolute Gasteiger partial charge is 0.306 e. The molecule has 0 aliphatic carbocycles. The minimum absolute atomic E-state index is 0.272. The van der Waals surface area contributed by atoms with Crippen LogP contribution < -0.4 is 5.32 Å². The van der Waals surface area contributed by atoms with Crippen LogP contribution in [0.1, 0.15) is 26.2 Å². The number of hydrogen-bond acceptors (Lipinski definition) is 2. The summed E-state index contributed by atoms with van der Waals surface area (Å²) in [5.74, 6) is 2.79. The summed E-state index contributed by atoms with van der Waals surface area (Å²) in [6, 6.07) is 0.908. The first-order valence-electron chi connectivity index (χ1n) is 5.17. The predicted octanol–water partition coefficient (Wildman–Crippen LogP) is 1.08. The average molecular weight is 180 g/mol. The second kappa shape index (κ2) is 5.26. The summed E-state index contributed by atoms with van der Waals surface area (Å²) in [6.07, 6.45) is 8.90. The summed E-state index contributed by atoms with van der Waals surface area (Å²) in [5.41, 5.74) is 0. The molecule has 1 aliphatic heterocycles. The van der Waals surface area contributed by atoms with Crippen LogP contribution in [0.4, 0.5) is 0 Å². The summed E-state index contributed by atoms with van der Waals surface area (Å²) in [5, 5.41) is 3.51. The Morgan fingerprint density at radius 3 is 2.62 bits per heavy atom. The van der Waals surface area contributed by atoms with Gasteiger partial charge in [0.1, 0.15) is 0 Å². The maximum absolute atomic E-state index is 5.40. The molecule has 1 N–H and O–H groups in total. The predicted molar refractivity (Wildman–Crippen MR) is 56.6 cm³/mol. The van der Waals surface area contributed by atoms with E-state index >= 15 is 0 Å². The van der Waals surface area contributed by atoms with Crippen LogP contribution in [-0.4, -0.2) is 37.1 Å². The molecule has 1 aliphatic rings. The topological polar surface area (TPSA) is 15.3 Å². The van der Waals surface area contributed by atoms with Crippen LogP contribution >= 0.6 is 0 Å². The van der Waals surface area contributed by atoms with Gasteiger partial charge in [-0.05, 0) is 39.4 Å². The fraction of sp³-hybridized carbons (Fsp3) is 0.818. The van der Waals surface area contributed by atoms with Crippen molar-refractivity contribution in [3.8, 4) is 12.3 Å². The highest BCUT2D eigenvalue weighted by atomic mass is 15.1. The van der Waals surface area contributed by atoms with Crippen molar-refractivity contribution in [3.63, 3.8) is 0 Å². The van der Waals surface area contributed by atoms with E-state index in [-0.39, 0.29) is 6.04 Å². The lowest BCUT2D eigenvalue weighted by molar-refractivity contribution is 0.230. The summed E-state index contributed by atoms with van der Waals surface area (Å²) in [4.78, 5) is 2.37. The molecule has 1 fully saturated rings. The molecule has 0 aromatic carbocycles. The van der Waals surface area contributed by atoms with Gasteiger partial charge in [-0.25, -0.2) is 0 Å². The standard InChI is InChI=1S/C11H20N2/c1-4-10(5-2)12-11-6-8-13(3)9-7-11/h1,10-12H,5-9H2,2-3H3. The number of likely N-dealkylation sites (tertiary alicyclic amines) is 1. The first-order valence-corrected chi connectivity index (χ1v) is 5.17. The number of nitrogens with zero attached hydrogens (tertiary/aromatic N) is 1. The SMILES string of the molecule is C#CC(CC)NC1CCN(C)CC1. The van der Waals surface area contributed by atoms with Gasteiger partial charge in [0.05, 0.1) is 6.04 Å². The van der Waals surface area contributed by atoms with Gasteiger partial charge in [0.15, 0.2) is 0 Å². The highest BCUT2D eigenvalue weighted by Crippen LogP contribution is 2.09. The molecule has 1 atom stereocenters. The monoisotopic (exact) mass is 180 g/mol. The van der Waals surface area contributed by atoms with Gasteiger partial charge in [-0.1, -0.05) is 12.8 Å². The van der Waals surface area contributed by atoms with E-state index in [1.165, 1.54) is 25.9 Å². The van der Waals surface area contributed by atoms with Crippen molar-refractivity contribution in [1.82, 2.24) is 10.2 Å². The van der Waals surface area contributed by atoms with Gasteiger partial charge in [0.25, 0.3) is 0 Å². The third-order valence-electron chi connectivity index (χ3n) is 2.76. The summed E-state index contributed by atoms with van der Waals surface area (Å²) in [6.45, 7) is 4.52. The van der Waals surface area contributed by atoms with E-state index in [1.54, 1.807) is 0 Å². The number of piperidine rings is 1. The van der Waals surface area contributed by atoms with Crippen molar-refractivity contribution in [3.05, 3.63) is 0 Å². The van der Waals surface area contributed by atoms with Crippen molar-refractivity contribution in [1.29, 1.82) is 0 Å². The Balaban J connectivity index is 2.26. The average Bonchev–Trinajstić information content (AvgIpc) is 2.17. The van der Waals surface area contributed by atoms with Gasteiger partial charge in [0.2, 0.25) is 0 Å². The zero-order valence-electron chi connectivity index (χ0n) is 8.71. The van der Waals surface area contributed by atoms with Gasteiger partial charge in [-0.3, -0.25) is 0 Å². The lowest BCUT2D eigenvalue weighted by Crippen LogP contribution is -2.44. The molecule has 1 heterocycles. The van der Waals surface area contributed by atoms with E-state index in [0.29, 0.717) is 6.04 Å². The molecule has 2 heteroatoms. The first-order chi connectivity index (χ1) is 6.26. The minimum atomic E-state index is 0.272. The van der Waals surface area contributed by atoms with Crippen LogP contribution in [-0.2, 0) is 0 Å². The van der Waals surface area contributed by atoms with Crippen LogP contribution in [0.15, 0.2) is 0 Å². The Labute approximate surface area is 81.7 Å². The van der Waals surface area contributed by atoms with Crippen molar-refractivity contribution in [2.45, 2.75) is 38.3 Å². The van der Waals surface area contributed by atoms with E-state index in [0.717, 1.165) is 6.42 Å². The normalized spacial score (nSPS) is 22.5. The third kappa shape index (κ3) is 3.38. The molecule has 2 nitrogen and oxygen atoms in total. The van der Waals surface area contributed by atoms with Crippen LogP contribution in [0.3, 0.4) is 0 Å². The molecular weight excluding hydrogens is 160 g/mol. The number of rotatable bonds is 3. The van der Waals surface area contributed by atoms with E-state index in [1.807, 2.05) is 0 Å². The van der Waals surface area contributed by atoms with Crippen molar-refractivity contribution in [2.24, 2.45) is 0 Å². The maximum Gasteiger partial charge on any atom is 0.0686 e. The smallest absolute Gasteiger partial charge is 0.0686 e. The van der Waals surface area contributed by atoms with Gasteiger partial charge < -0.3 is 10.2 Å². The molecular formula is C11H20N2. The van der Waals surface area contributed by atoms with Crippen molar-refractivity contribution >= 4 is 0 Å². The Hall–Kier alpha value is -0.520. The van der Waals surface area contributed by atoms with Crippen molar-refractivity contribution in [2.75, 3.05) is 20.1 Å². The third-order valence-corrected chi connectivity index (χ3v) is 2.76. The van der Waals surface area contributed by atoms with E-state index in [2.05, 4.69) is 30.1 Å². The Morgan fingerprint density at radius 2 is 2.15 bits per heavy atom. The van der Waals surface area contributed by atoms with E-state index < -0.39 is 0 Å². The van der Waals surface area contributed by atoms with E-state index in [4.69, 9.17) is 6.42 Å². The van der Waals surface area contributed by atoms with Gasteiger partial charge in [-0.2, -0.15) is 0 Å². The van der Waals surface area contributed by atoms with Crippen LogP contribution in [0, 0.1) is 12.3 Å². The lowest BCUT2D eigenvalue weighted by Gasteiger charge is -2.31. The number of nitrogens with one attached hydrogen (secondary N) is 1. The summed E-state index contributed by atoms with van der Waals surface area (Å²) >= 11 is 0. The fourth-order valence-electron chi connectivity index (χ4n) is 1.74. The van der Waals surface area contributed by atoms with Crippen LogP contribution in [0.25, 0.3) is 0 Å². The Morgan fingerprint density at radius 1 is 1.54 bits per heavy atom. The molecule has 0 aromatic rings. The molecule has 0 radical (unpaired) electrons. The number of hydrogen-bond donors (Lipinski definition) is 1. The number of terminal acetylenes is 1. The molecule has 0 saturated carbocycles. The zero-order valence-corrected chi connectivity index (χ0v) is 8.71. The summed E-state index contributed by atoms with van der Waals surface area (Å²) < 4.78 is 0. The Bertz CT molecular complexity index is 175. The second-order valence-corrected chi connectivity index (χ2v) is 3.87. The molecule has 0 spiro atoms. The molecule has 1 saturated heterocycles. The Kier molecular flexibility index (Phi) is 4.27. The maximum atomic E-state index is 5.40. The molecule has 1 unspecified atom stereocenters. The van der Waals surface area contributed by atoms with E-state index in [9.17, 15) is 0 Å². The second-order valence-electron chi connectivity index (χ2n) is 3.87. The fourth-order valence-corrected chi connectivity index (χ4v) is 1.74. The molecule has 0 amide bonds. The first kappa shape index (κ1) is 10.6.